The molecular weight excluding hydrogens is 228 g/mol. The van der Waals surface area contributed by atoms with Crippen molar-refractivity contribution in [1.82, 2.24) is 10.3 Å². The average Bonchev–Trinajstić information content (AvgIpc) is 2.96. The number of thiazole rings is 1. The smallest absolute Gasteiger partial charge is 0.305 e. The van der Waals surface area contributed by atoms with Gasteiger partial charge in [0.25, 0.3) is 5.91 Å². The summed E-state index contributed by atoms with van der Waals surface area (Å²) in [4.78, 5) is 26.6. The Bertz CT molecular complexity index is 412. The van der Waals surface area contributed by atoms with Crippen LogP contribution in [0.1, 0.15) is 39.9 Å². The first-order valence-electron chi connectivity index (χ1n) is 5.12. The first-order valence-corrected chi connectivity index (χ1v) is 5.94. The molecule has 6 heteroatoms. The third-order valence-corrected chi connectivity index (χ3v) is 3.46. The molecule has 1 aliphatic rings. The van der Waals surface area contributed by atoms with E-state index in [0.717, 1.165) is 17.8 Å². The van der Waals surface area contributed by atoms with Crippen LogP contribution in [0.2, 0.25) is 0 Å². The summed E-state index contributed by atoms with van der Waals surface area (Å²) in [6.07, 6.45) is 3.83. The van der Waals surface area contributed by atoms with Crippen LogP contribution in [0.3, 0.4) is 0 Å². The Labute approximate surface area is 96.5 Å². The molecule has 0 radical (unpaired) electrons. The number of nitrogens with zero attached hydrogens (tertiary/aromatic N) is 1. The Kier molecular flexibility index (Phi) is 3.19. The lowest BCUT2D eigenvalue weighted by atomic mass is 10.4. The Morgan fingerprint density at radius 1 is 1.56 bits per heavy atom. The molecule has 2 N–H and O–H groups in total. The van der Waals surface area contributed by atoms with Crippen LogP contribution in [-0.4, -0.2) is 28.5 Å². The van der Waals surface area contributed by atoms with Crippen LogP contribution in [0.25, 0.3) is 0 Å². The molecule has 0 unspecified atom stereocenters. The second-order valence-corrected chi connectivity index (χ2v) is 4.80. The van der Waals surface area contributed by atoms with Crippen molar-refractivity contribution >= 4 is 23.2 Å². The number of rotatable bonds is 5. The molecule has 1 aromatic heterocycles. The van der Waals surface area contributed by atoms with E-state index in [1.54, 1.807) is 6.20 Å². The fourth-order valence-electron chi connectivity index (χ4n) is 1.28. The zero-order valence-electron chi connectivity index (χ0n) is 8.60. The number of carboxylic acids is 1. The van der Waals surface area contributed by atoms with E-state index in [4.69, 9.17) is 5.11 Å². The van der Waals surface area contributed by atoms with Gasteiger partial charge in [-0.25, -0.2) is 4.98 Å². The van der Waals surface area contributed by atoms with Crippen LogP contribution in [0, 0.1) is 0 Å². The minimum atomic E-state index is -0.914. The number of nitrogens with one attached hydrogen (secondary N) is 1. The van der Waals surface area contributed by atoms with Crippen molar-refractivity contribution in [1.29, 1.82) is 0 Å². The zero-order valence-corrected chi connectivity index (χ0v) is 9.42. The van der Waals surface area contributed by atoms with Crippen molar-refractivity contribution in [2.24, 2.45) is 0 Å². The normalized spacial score (nSPS) is 14.8. The second-order valence-electron chi connectivity index (χ2n) is 3.74. The van der Waals surface area contributed by atoms with Gasteiger partial charge in [-0.05, 0) is 12.8 Å². The van der Waals surface area contributed by atoms with Gasteiger partial charge >= 0.3 is 5.97 Å². The molecule has 86 valence electrons. The van der Waals surface area contributed by atoms with Gasteiger partial charge in [-0.1, -0.05) is 0 Å². The monoisotopic (exact) mass is 240 g/mol. The summed E-state index contributed by atoms with van der Waals surface area (Å²) in [7, 11) is 0. The highest BCUT2D eigenvalue weighted by Crippen LogP contribution is 2.41. The molecule has 0 aromatic carbocycles. The van der Waals surface area contributed by atoms with Crippen molar-refractivity contribution in [2.45, 2.75) is 25.2 Å². The average molecular weight is 240 g/mol. The molecule has 1 aliphatic carbocycles. The Morgan fingerprint density at radius 3 is 2.94 bits per heavy atom. The molecule has 0 saturated heterocycles. The summed E-state index contributed by atoms with van der Waals surface area (Å²) >= 11 is 1.40. The Balaban J connectivity index is 1.85. The van der Waals surface area contributed by atoms with E-state index in [2.05, 4.69) is 10.3 Å². The number of carbonyl (C=O) groups excluding carboxylic acids is 1. The molecule has 1 saturated carbocycles. The van der Waals surface area contributed by atoms with E-state index in [0.29, 0.717) is 10.8 Å². The third kappa shape index (κ3) is 2.79. The van der Waals surface area contributed by atoms with Crippen molar-refractivity contribution in [3.63, 3.8) is 0 Å². The molecule has 5 nitrogen and oxygen atoms in total. The summed E-state index contributed by atoms with van der Waals surface area (Å²) in [5.74, 6) is -0.598. The third-order valence-electron chi connectivity index (χ3n) is 2.30. The Morgan fingerprint density at radius 2 is 2.31 bits per heavy atom. The molecule has 16 heavy (non-hydrogen) atoms. The van der Waals surface area contributed by atoms with E-state index in [-0.39, 0.29) is 18.9 Å². The molecule has 0 bridgehead atoms. The maximum atomic E-state index is 11.5. The van der Waals surface area contributed by atoms with Crippen LogP contribution >= 0.6 is 11.3 Å². The molecule has 0 atom stereocenters. The van der Waals surface area contributed by atoms with Crippen molar-refractivity contribution in [2.75, 3.05) is 6.54 Å². The fourth-order valence-corrected chi connectivity index (χ4v) is 2.29. The van der Waals surface area contributed by atoms with Crippen LogP contribution in [0.5, 0.6) is 0 Å². The van der Waals surface area contributed by atoms with Gasteiger partial charge in [-0.15, -0.1) is 11.3 Å². The Hall–Kier alpha value is -1.43. The molecule has 1 fully saturated rings. The van der Waals surface area contributed by atoms with Gasteiger partial charge in [0.2, 0.25) is 0 Å². The molecule has 0 aliphatic heterocycles. The molecule has 2 rings (SSSR count). The zero-order chi connectivity index (χ0) is 11.5. The number of hydrogen-bond acceptors (Lipinski definition) is 4. The van der Waals surface area contributed by atoms with Gasteiger partial charge in [0.15, 0.2) is 0 Å². The highest BCUT2D eigenvalue weighted by Gasteiger charge is 2.27. The number of amides is 1. The fraction of sp³-hybridized carbons (Fsp3) is 0.500. The van der Waals surface area contributed by atoms with Crippen LogP contribution in [0.15, 0.2) is 6.20 Å². The second kappa shape index (κ2) is 4.61. The summed E-state index contributed by atoms with van der Waals surface area (Å²) < 4.78 is 0. The first-order chi connectivity index (χ1) is 7.66. The minimum Gasteiger partial charge on any atom is -0.481 e. The van der Waals surface area contributed by atoms with Gasteiger partial charge in [-0.3, -0.25) is 9.59 Å². The number of hydrogen-bond donors (Lipinski definition) is 2. The standard InChI is InChI=1S/C10H12N2O3S/c13-8(14)3-4-11-9(15)7-5-12-10(16-7)6-1-2-6/h5-6H,1-4H2,(H,11,15)(H,13,14). The lowest BCUT2D eigenvalue weighted by Gasteiger charge is -1.99. The molecule has 1 aromatic rings. The maximum absolute atomic E-state index is 11.5. The van der Waals surface area contributed by atoms with E-state index < -0.39 is 5.97 Å². The molecule has 1 amide bonds. The topological polar surface area (TPSA) is 79.3 Å². The van der Waals surface area contributed by atoms with Crippen LogP contribution in [0.4, 0.5) is 0 Å². The van der Waals surface area contributed by atoms with Gasteiger partial charge < -0.3 is 10.4 Å². The maximum Gasteiger partial charge on any atom is 0.305 e. The SMILES string of the molecule is O=C(O)CCNC(=O)c1cnc(C2CC2)s1. The van der Waals surface area contributed by atoms with Gasteiger partial charge in [0, 0.05) is 12.5 Å². The van der Waals surface area contributed by atoms with Crippen molar-refractivity contribution in [3.8, 4) is 0 Å². The molecule has 0 spiro atoms. The lowest BCUT2D eigenvalue weighted by Crippen LogP contribution is -2.25. The van der Waals surface area contributed by atoms with E-state index in [1.807, 2.05) is 0 Å². The quantitative estimate of drug-likeness (QED) is 0.811. The number of carbonyl (C=O) groups is 2. The summed E-state index contributed by atoms with van der Waals surface area (Å²) in [5.41, 5.74) is 0. The van der Waals surface area contributed by atoms with Crippen molar-refractivity contribution in [3.05, 3.63) is 16.1 Å². The van der Waals surface area contributed by atoms with E-state index in [1.165, 1.54) is 11.3 Å². The molecular formula is C10H12N2O3S. The summed E-state index contributed by atoms with van der Waals surface area (Å²) in [6.45, 7) is 0.158. The van der Waals surface area contributed by atoms with Gasteiger partial charge in [-0.2, -0.15) is 0 Å². The predicted octanol–water partition coefficient (Wildman–Crippen LogP) is 1.22. The lowest BCUT2D eigenvalue weighted by molar-refractivity contribution is -0.136. The van der Waals surface area contributed by atoms with E-state index >= 15 is 0 Å². The number of carboxylic acid groups (broad SMARTS) is 1. The predicted molar refractivity (Wildman–Crippen MR) is 58.7 cm³/mol. The molecule has 1 heterocycles. The number of aliphatic carboxylic acids is 1. The van der Waals surface area contributed by atoms with Gasteiger partial charge in [0.1, 0.15) is 4.88 Å². The van der Waals surface area contributed by atoms with Crippen molar-refractivity contribution < 1.29 is 14.7 Å². The van der Waals surface area contributed by atoms with Crippen LogP contribution in [-0.2, 0) is 4.79 Å². The van der Waals surface area contributed by atoms with E-state index in [9.17, 15) is 9.59 Å². The van der Waals surface area contributed by atoms with Gasteiger partial charge in [0.05, 0.1) is 17.6 Å². The summed E-state index contributed by atoms with van der Waals surface area (Å²) in [5, 5.41) is 12.0. The number of aromatic nitrogens is 1. The first kappa shape index (κ1) is 11.1. The largest absolute Gasteiger partial charge is 0.481 e. The summed E-state index contributed by atoms with van der Waals surface area (Å²) in [6, 6.07) is 0. The highest BCUT2D eigenvalue weighted by molar-refractivity contribution is 7.13. The highest BCUT2D eigenvalue weighted by atomic mass is 32.1. The minimum absolute atomic E-state index is 0.0555. The van der Waals surface area contributed by atoms with Crippen LogP contribution < -0.4 is 5.32 Å².